The molecule has 0 fully saturated rings. The summed E-state index contributed by atoms with van der Waals surface area (Å²) in [7, 11) is 0. The zero-order chi connectivity index (χ0) is 5.98. The molecule has 4 heteroatoms. The van der Waals surface area contributed by atoms with Gasteiger partial charge in [-0.15, -0.1) is 0 Å². The molecule has 0 atom stereocenters. The number of rotatable bonds is 0. The Labute approximate surface area is 43.7 Å². The molecule has 1 N–H and O–H groups in total. The van der Waals surface area contributed by atoms with E-state index in [1.807, 2.05) is 0 Å². The van der Waals surface area contributed by atoms with Gasteiger partial charge in [-0.3, -0.25) is 4.79 Å². The van der Waals surface area contributed by atoms with Gasteiger partial charge in [-0.25, -0.2) is 9.95 Å². The van der Waals surface area contributed by atoms with Crippen LogP contribution in [0.15, 0.2) is 26.4 Å². The highest BCUT2D eigenvalue weighted by molar-refractivity contribution is 4.81. The van der Waals surface area contributed by atoms with Crippen molar-refractivity contribution in [1.82, 2.24) is 5.16 Å². The summed E-state index contributed by atoms with van der Waals surface area (Å²) in [4.78, 5) is 20.3. The fraction of sp³-hybridized carbons (Fsp3) is 0. The fourth-order valence-electron chi connectivity index (χ4n) is 0.316. The first-order chi connectivity index (χ1) is 3.80. The SMILES string of the molecule is O=c1cc[nH]oc1=O. The molecule has 0 saturated carbocycles. The molecule has 4 nitrogen and oxygen atoms in total. The van der Waals surface area contributed by atoms with Crippen LogP contribution in [0.4, 0.5) is 0 Å². The molecule has 0 aliphatic carbocycles. The quantitative estimate of drug-likeness (QED) is 0.454. The van der Waals surface area contributed by atoms with Crippen LogP contribution < -0.4 is 11.1 Å². The maximum atomic E-state index is 10.2. The first kappa shape index (κ1) is 4.83. The largest absolute Gasteiger partial charge is 0.403 e. The van der Waals surface area contributed by atoms with Gasteiger partial charge in [-0.2, -0.15) is 0 Å². The van der Waals surface area contributed by atoms with Gasteiger partial charge in [0.2, 0.25) is 0 Å². The van der Waals surface area contributed by atoms with Gasteiger partial charge in [-0.1, -0.05) is 0 Å². The highest BCUT2D eigenvalue weighted by Crippen LogP contribution is 1.56. The number of nitrogens with one attached hydrogen (secondary N) is 1. The van der Waals surface area contributed by atoms with Crippen molar-refractivity contribution in [1.29, 1.82) is 0 Å². The molecule has 1 heterocycles. The van der Waals surface area contributed by atoms with Crippen LogP contribution in [0.2, 0.25) is 0 Å². The monoisotopic (exact) mass is 113 g/mol. The van der Waals surface area contributed by atoms with E-state index in [1.54, 1.807) is 0 Å². The van der Waals surface area contributed by atoms with E-state index in [0.717, 1.165) is 6.07 Å². The molecule has 1 rings (SSSR count). The molecule has 8 heavy (non-hydrogen) atoms. The summed E-state index contributed by atoms with van der Waals surface area (Å²) in [6, 6.07) is 1.10. The Morgan fingerprint density at radius 1 is 1.50 bits per heavy atom. The smallest absolute Gasteiger partial charge is 0.335 e. The lowest BCUT2D eigenvalue weighted by Crippen LogP contribution is -2.21. The number of hydrogen-bond donors (Lipinski definition) is 1. The van der Waals surface area contributed by atoms with Gasteiger partial charge in [-0.05, 0) is 0 Å². The highest BCUT2D eigenvalue weighted by Gasteiger charge is 1.86. The lowest BCUT2D eigenvalue weighted by Gasteiger charge is -1.74. The fourth-order valence-corrected chi connectivity index (χ4v) is 0.316. The number of H-pyrrole nitrogens is 1. The molecular formula is C4H3NO3. The minimum Gasteiger partial charge on any atom is -0.335 e. The molecular weight excluding hydrogens is 110 g/mol. The minimum atomic E-state index is -0.868. The van der Waals surface area contributed by atoms with Crippen molar-refractivity contribution < 1.29 is 4.52 Å². The second kappa shape index (κ2) is 1.65. The Bertz CT molecular complexity index is 242. The molecule has 0 radical (unpaired) electrons. The van der Waals surface area contributed by atoms with Crippen molar-refractivity contribution in [2.24, 2.45) is 0 Å². The number of hydrogen-bond acceptors (Lipinski definition) is 3. The summed E-state index contributed by atoms with van der Waals surface area (Å²) >= 11 is 0. The molecule has 0 bridgehead atoms. The predicted octanol–water partition coefficient (Wildman–Crippen LogP) is -0.672. The molecule has 0 aliphatic heterocycles. The molecule has 0 unspecified atom stereocenters. The third-order valence-electron chi connectivity index (χ3n) is 0.656. The first-order valence-corrected chi connectivity index (χ1v) is 1.98. The zero-order valence-corrected chi connectivity index (χ0v) is 3.88. The summed E-state index contributed by atoms with van der Waals surface area (Å²) in [5.41, 5.74) is -1.50. The maximum Gasteiger partial charge on any atom is 0.403 e. The second-order valence-electron chi connectivity index (χ2n) is 1.20. The number of aromatic amines is 1. The molecule has 0 aliphatic rings. The van der Waals surface area contributed by atoms with E-state index >= 15 is 0 Å². The van der Waals surface area contributed by atoms with E-state index in [2.05, 4.69) is 9.68 Å². The molecule has 0 aromatic carbocycles. The predicted molar refractivity (Wildman–Crippen MR) is 25.6 cm³/mol. The molecule has 0 amide bonds. The van der Waals surface area contributed by atoms with E-state index in [1.165, 1.54) is 6.20 Å². The average molecular weight is 113 g/mol. The van der Waals surface area contributed by atoms with Crippen LogP contribution in [0.25, 0.3) is 0 Å². The van der Waals surface area contributed by atoms with Crippen LogP contribution in [-0.2, 0) is 0 Å². The van der Waals surface area contributed by atoms with Crippen LogP contribution in [0.5, 0.6) is 0 Å². The Morgan fingerprint density at radius 2 is 2.25 bits per heavy atom. The van der Waals surface area contributed by atoms with Crippen LogP contribution in [0.1, 0.15) is 0 Å². The highest BCUT2D eigenvalue weighted by atomic mass is 16.5. The Morgan fingerprint density at radius 3 is 2.62 bits per heavy atom. The summed E-state index contributed by atoms with van der Waals surface area (Å²) < 4.78 is 4.06. The third-order valence-corrected chi connectivity index (χ3v) is 0.656. The van der Waals surface area contributed by atoms with Gasteiger partial charge in [0.25, 0.3) is 5.43 Å². The van der Waals surface area contributed by atoms with Crippen LogP contribution in [0.3, 0.4) is 0 Å². The van der Waals surface area contributed by atoms with Crippen LogP contribution in [-0.4, -0.2) is 5.16 Å². The first-order valence-electron chi connectivity index (χ1n) is 1.98. The lowest BCUT2D eigenvalue weighted by molar-refractivity contribution is 0.365. The Kier molecular flexibility index (Phi) is 0.997. The molecule has 42 valence electrons. The van der Waals surface area contributed by atoms with Gasteiger partial charge in [0.05, 0.1) is 0 Å². The van der Waals surface area contributed by atoms with Crippen molar-refractivity contribution in [2.45, 2.75) is 0 Å². The molecule has 1 aromatic heterocycles. The summed E-state index contributed by atoms with van der Waals surface area (Å²) in [5.74, 6) is 0. The normalized spacial score (nSPS) is 9.00. The van der Waals surface area contributed by atoms with E-state index in [0.29, 0.717) is 0 Å². The molecule has 0 saturated heterocycles. The molecule has 0 spiro atoms. The summed E-state index contributed by atoms with van der Waals surface area (Å²) in [5, 5.41) is 2.11. The topological polar surface area (TPSA) is 63.1 Å². The van der Waals surface area contributed by atoms with Crippen molar-refractivity contribution in [3.8, 4) is 0 Å². The standard InChI is InChI=1S/C4H3NO3/c6-3-1-2-5-8-4(3)7/h1-2,5H. The van der Waals surface area contributed by atoms with Gasteiger partial charge in [0.1, 0.15) is 0 Å². The van der Waals surface area contributed by atoms with E-state index < -0.39 is 11.1 Å². The number of aromatic nitrogens is 1. The van der Waals surface area contributed by atoms with Crippen molar-refractivity contribution in [2.75, 3.05) is 0 Å². The van der Waals surface area contributed by atoms with Gasteiger partial charge in [0, 0.05) is 12.3 Å². The Hall–Kier alpha value is -1.32. The zero-order valence-electron chi connectivity index (χ0n) is 3.88. The maximum absolute atomic E-state index is 10.2. The average Bonchev–Trinajstić information content (AvgIpc) is 1.77. The summed E-state index contributed by atoms with van der Waals surface area (Å²) in [6.07, 6.45) is 1.25. The van der Waals surface area contributed by atoms with Crippen LogP contribution in [0, 0.1) is 0 Å². The van der Waals surface area contributed by atoms with Crippen LogP contribution >= 0.6 is 0 Å². The van der Waals surface area contributed by atoms with Crippen molar-refractivity contribution >= 4 is 0 Å². The van der Waals surface area contributed by atoms with E-state index in [9.17, 15) is 9.59 Å². The Balaban J connectivity index is 3.59. The van der Waals surface area contributed by atoms with E-state index in [-0.39, 0.29) is 0 Å². The third kappa shape index (κ3) is 0.676. The summed E-state index contributed by atoms with van der Waals surface area (Å²) in [6.45, 7) is 0. The minimum absolute atomic E-state index is 0.635. The van der Waals surface area contributed by atoms with E-state index in [4.69, 9.17) is 0 Å². The van der Waals surface area contributed by atoms with Gasteiger partial charge < -0.3 is 4.52 Å². The van der Waals surface area contributed by atoms with Gasteiger partial charge in [0.15, 0.2) is 0 Å². The molecule has 1 aromatic rings. The van der Waals surface area contributed by atoms with Crippen molar-refractivity contribution in [3.05, 3.63) is 32.9 Å². The van der Waals surface area contributed by atoms with Crippen molar-refractivity contribution in [3.63, 3.8) is 0 Å². The lowest BCUT2D eigenvalue weighted by atomic mass is 10.6. The van der Waals surface area contributed by atoms with Gasteiger partial charge >= 0.3 is 5.63 Å². The second-order valence-corrected chi connectivity index (χ2v) is 1.20.